The summed E-state index contributed by atoms with van der Waals surface area (Å²) < 4.78 is 18.3. The predicted octanol–water partition coefficient (Wildman–Crippen LogP) is 2.84. The van der Waals surface area contributed by atoms with Crippen LogP contribution in [0.3, 0.4) is 0 Å². The Morgan fingerprint density at radius 1 is 1.33 bits per heavy atom. The number of hydrogen-bond acceptors (Lipinski definition) is 1. The fourth-order valence-electron chi connectivity index (χ4n) is 1.09. The lowest BCUT2D eigenvalue weighted by Crippen LogP contribution is -1.96. The first-order valence-electron chi connectivity index (χ1n) is 4.04. The number of ether oxygens (including phenoxy) is 1. The third kappa shape index (κ3) is 1.76. The molecule has 0 amide bonds. The van der Waals surface area contributed by atoms with Crippen LogP contribution in [0.2, 0.25) is 0 Å². The first-order chi connectivity index (χ1) is 5.65. The molecular weight excluding hydrogens is 155 g/mol. The average Bonchev–Trinajstić information content (AvgIpc) is 2.00. The van der Waals surface area contributed by atoms with E-state index in [1.165, 1.54) is 6.07 Å². The van der Waals surface area contributed by atoms with Gasteiger partial charge in [-0.25, -0.2) is 4.39 Å². The van der Waals surface area contributed by atoms with E-state index >= 15 is 0 Å². The molecule has 0 aliphatic rings. The first-order valence-corrected chi connectivity index (χ1v) is 4.04. The van der Waals surface area contributed by atoms with Crippen LogP contribution in [0, 0.1) is 19.7 Å². The molecule has 0 bridgehead atoms. The third-order valence-electron chi connectivity index (χ3n) is 1.74. The summed E-state index contributed by atoms with van der Waals surface area (Å²) in [4.78, 5) is 0. The highest BCUT2D eigenvalue weighted by atomic mass is 19.1. The molecule has 0 saturated heterocycles. The second-order valence-corrected chi connectivity index (χ2v) is 2.80. The zero-order chi connectivity index (χ0) is 9.14. The molecular formula is C10H13FO. The molecule has 66 valence electrons. The zero-order valence-electron chi connectivity index (χ0n) is 7.65. The van der Waals surface area contributed by atoms with E-state index < -0.39 is 0 Å². The summed E-state index contributed by atoms with van der Waals surface area (Å²) in [6, 6.07) is 3.36. The van der Waals surface area contributed by atoms with Gasteiger partial charge in [-0.2, -0.15) is 0 Å². The van der Waals surface area contributed by atoms with Crippen LogP contribution in [-0.4, -0.2) is 6.61 Å². The van der Waals surface area contributed by atoms with Gasteiger partial charge in [0.05, 0.1) is 6.61 Å². The molecule has 1 aromatic carbocycles. The Hall–Kier alpha value is -1.05. The van der Waals surface area contributed by atoms with Crippen LogP contribution in [0.25, 0.3) is 0 Å². The van der Waals surface area contributed by atoms with Crippen molar-refractivity contribution in [2.24, 2.45) is 0 Å². The lowest BCUT2D eigenvalue weighted by Gasteiger charge is -2.08. The summed E-state index contributed by atoms with van der Waals surface area (Å²) in [5, 5.41) is 0. The second-order valence-electron chi connectivity index (χ2n) is 2.80. The van der Waals surface area contributed by atoms with E-state index in [0.29, 0.717) is 17.9 Å². The van der Waals surface area contributed by atoms with Gasteiger partial charge < -0.3 is 4.74 Å². The van der Waals surface area contributed by atoms with Crippen LogP contribution in [-0.2, 0) is 0 Å². The molecule has 0 aliphatic heterocycles. The smallest absolute Gasteiger partial charge is 0.130 e. The van der Waals surface area contributed by atoms with Crippen LogP contribution in [0.1, 0.15) is 18.1 Å². The predicted molar refractivity (Wildman–Crippen MR) is 47.0 cm³/mol. The first kappa shape index (κ1) is 9.04. The molecule has 0 atom stereocenters. The topological polar surface area (TPSA) is 9.23 Å². The standard InChI is InChI=1S/C10H13FO/c1-4-12-10-6-7(2)5-9(11)8(10)3/h5-6H,4H2,1-3H3. The highest BCUT2D eigenvalue weighted by molar-refractivity contribution is 5.37. The highest BCUT2D eigenvalue weighted by Gasteiger charge is 2.05. The number of hydrogen-bond donors (Lipinski definition) is 0. The van der Waals surface area contributed by atoms with Crippen LogP contribution in [0.4, 0.5) is 4.39 Å². The Morgan fingerprint density at radius 3 is 2.58 bits per heavy atom. The van der Waals surface area contributed by atoms with Gasteiger partial charge in [-0.1, -0.05) is 0 Å². The number of benzene rings is 1. The van der Waals surface area contributed by atoms with E-state index in [-0.39, 0.29) is 5.82 Å². The normalized spacial score (nSPS) is 10.0. The Morgan fingerprint density at radius 2 is 2.00 bits per heavy atom. The molecule has 1 rings (SSSR count). The van der Waals surface area contributed by atoms with Gasteiger partial charge in [0.15, 0.2) is 0 Å². The molecule has 0 radical (unpaired) electrons. The molecule has 0 aromatic heterocycles. The molecule has 2 heteroatoms. The summed E-state index contributed by atoms with van der Waals surface area (Å²) >= 11 is 0. The minimum Gasteiger partial charge on any atom is -0.493 e. The van der Waals surface area contributed by atoms with Gasteiger partial charge in [-0.05, 0) is 38.5 Å². The monoisotopic (exact) mass is 168 g/mol. The number of halogens is 1. The van der Waals surface area contributed by atoms with Gasteiger partial charge in [0.2, 0.25) is 0 Å². The van der Waals surface area contributed by atoms with Crippen molar-refractivity contribution in [1.82, 2.24) is 0 Å². The van der Waals surface area contributed by atoms with Crippen molar-refractivity contribution in [2.75, 3.05) is 6.61 Å². The van der Waals surface area contributed by atoms with Crippen LogP contribution >= 0.6 is 0 Å². The maximum Gasteiger partial charge on any atom is 0.130 e. The summed E-state index contributed by atoms with van der Waals surface area (Å²) in [6.07, 6.45) is 0. The van der Waals surface area contributed by atoms with Crippen molar-refractivity contribution in [2.45, 2.75) is 20.8 Å². The van der Waals surface area contributed by atoms with Crippen LogP contribution < -0.4 is 4.74 Å². The second kappa shape index (κ2) is 3.57. The van der Waals surface area contributed by atoms with Gasteiger partial charge in [0.25, 0.3) is 0 Å². The molecule has 0 spiro atoms. The third-order valence-corrected chi connectivity index (χ3v) is 1.74. The zero-order valence-corrected chi connectivity index (χ0v) is 7.65. The Balaban J connectivity index is 3.09. The van der Waals surface area contributed by atoms with E-state index in [9.17, 15) is 4.39 Å². The lowest BCUT2D eigenvalue weighted by molar-refractivity contribution is 0.335. The number of rotatable bonds is 2. The summed E-state index contributed by atoms with van der Waals surface area (Å²) in [6.45, 7) is 6.04. The molecule has 0 saturated carbocycles. The fourth-order valence-corrected chi connectivity index (χ4v) is 1.09. The molecule has 1 nitrogen and oxygen atoms in total. The SMILES string of the molecule is CCOc1cc(C)cc(F)c1C. The van der Waals surface area contributed by atoms with E-state index in [1.54, 1.807) is 6.92 Å². The van der Waals surface area contributed by atoms with Gasteiger partial charge >= 0.3 is 0 Å². The lowest BCUT2D eigenvalue weighted by atomic mass is 10.1. The van der Waals surface area contributed by atoms with E-state index in [0.717, 1.165) is 5.56 Å². The minimum atomic E-state index is -0.196. The largest absolute Gasteiger partial charge is 0.493 e. The van der Waals surface area contributed by atoms with E-state index in [4.69, 9.17) is 4.74 Å². The van der Waals surface area contributed by atoms with E-state index in [1.807, 2.05) is 19.9 Å². The van der Waals surface area contributed by atoms with Crippen molar-refractivity contribution in [3.05, 3.63) is 29.1 Å². The van der Waals surface area contributed by atoms with Gasteiger partial charge in [-0.15, -0.1) is 0 Å². The van der Waals surface area contributed by atoms with Crippen molar-refractivity contribution < 1.29 is 9.13 Å². The van der Waals surface area contributed by atoms with Crippen molar-refractivity contribution in [3.63, 3.8) is 0 Å². The van der Waals surface area contributed by atoms with Gasteiger partial charge in [0.1, 0.15) is 11.6 Å². The Kier molecular flexibility index (Phi) is 2.69. The minimum absolute atomic E-state index is 0.196. The molecule has 0 N–H and O–H groups in total. The Labute approximate surface area is 72.2 Å². The van der Waals surface area contributed by atoms with Gasteiger partial charge in [-0.3, -0.25) is 0 Å². The molecule has 0 unspecified atom stereocenters. The fraction of sp³-hybridized carbons (Fsp3) is 0.400. The molecule has 0 heterocycles. The summed E-state index contributed by atoms with van der Waals surface area (Å²) in [5.41, 5.74) is 1.48. The number of aryl methyl sites for hydroxylation is 1. The quantitative estimate of drug-likeness (QED) is 0.659. The molecule has 1 aromatic rings. The highest BCUT2D eigenvalue weighted by Crippen LogP contribution is 2.22. The van der Waals surface area contributed by atoms with Crippen molar-refractivity contribution in [1.29, 1.82) is 0 Å². The maximum absolute atomic E-state index is 13.1. The summed E-state index contributed by atoms with van der Waals surface area (Å²) in [7, 11) is 0. The summed E-state index contributed by atoms with van der Waals surface area (Å²) in [5.74, 6) is 0.452. The molecule has 0 aliphatic carbocycles. The Bertz CT molecular complexity index is 281. The van der Waals surface area contributed by atoms with E-state index in [2.05, 4.69) is 0 Å². The van der Waals surface area contributed by atoms with Crippen LogP contribution in [0.15, 0.2) is 12.1 Å². The maximum atomic E-state index is 13.1. The van der Waals surface area contributed by atoms with Gasteiger partial charge in [0, 0.05) is 5.56 Å². The van der Waals surface area contributed by atoms with Crippen molar-refractivity contribution in [3.8, 4) is 5.75 Å². The molecule has 0 fully saturated rings. The molecule has 12 heavy (non-hydrogen) atoms. The average molecular weight is 168 g/mol. The van der Waals surface area contributed by atoms with Crippen molar-refractivity contribution >= 4 is 0 Å². The van der Waals surface area contributed by atoms with Crippen LogP contribution in [0.5, 0.6) is 5.75 Å².